The van der Waals surface area contributed by atoms with Gasteiger partial charge in [0, 0.05) is 0 Å². The number of hydrogen-bond acceptors (Lipinski definition) is 11. The number of aliphatic hydroxyl groups excluding tert-OH is 7. The predicted molar refractivity (Wildman–Crippen MR) is 206 cm³/mol. The van der Waals surface area contributed by atoms with Gasteiger partial charge in [-0.25, -0.2) is 4.57 Å². The fourth-order valence-electron chi connectivity index (χ4n) is 6.35. The summed E-state index contributed by atoms with van der Waals surface area (Å²) in [4.78, 5) is 23.3. The quantitative estimate of drug-likeness (QED) is 0.0243. The second-order valence-corrected chi connectivity index (χ2v) is 16.1. The van der Waals surface area contributed by atoms with Crippen LogP contribution in [-0.2, 0) is 18.4 Å². The number of nitrogens with one attached hydrogen (secondary N) is 1. The number of amides is 1. The SMILES string of the molecule is CCCCCCCCC/C=C\CCCCCC(O)CC(=O)NC(COP(=O)(O)OC1C(O)C(O)C(O)C(O)C1O)C(O)/C=C/CCCCCCCCC. The Kier molecular flexibility index (Phi) is 28.2. The smallest absolute Gasteiger partial charge is 0.393 e. The van der Waals surface area contributed by atoms with Crippen LogP contribution in [0, 0.1) is 0 Å². The van der Waals surface area contributed by atoms with E-state index in [-0.39, 0.29) is 6.42 Å². The molecule has 8 atom stereocenters. The van der Waals surface area contributed by atoms with Crippen molar-refractivity contribution < 1.29 is 59.0 Å². The summed E-state index contributed by atoms with van der Waals surface area (Å²) in [5.41, 5.74) is 0. The minimum absolute atomic E-state index is 0.255. The maximum Gasteiger partial charge on any atom is 0.472 e. The molecule has 0 aliphatic heterocycles. The van der Waals surface area contributed by atoms with Crippen LogP contribution in [0.1, 0.15) is 155 Å². The summed E-state index contributed by atoms with van der Waals surface area (Å²) in [6.07, 6.45) is 15.9. The fraction of sp³-hybridized carbons (Fsp3) is 0.872. The van der Waals surface area contributed by atoms with Gasteiger partial charge in [0.15, 0.2) is 0 Å². The first-order valence-corrected chi connectivity index (χ1v) is 21.9. The number of aliphatic hydroxyl groups is 7. The number of rotatable bonds is 32. The molecular weight excluding hydrogens is 705 g/mol. The lowest BCUT2D eigenvalue weighted by Gasteiger charge is -2.41. The zero-order chi connectivity index (χ0) is 39.5. The van der Waals surface area contributed by atoms with Gasteiger partial charge in [-0.2, -0.15) is 0 Å². The Morgan fingerprint density at radius 2 is 1.09 bits per heavy atom. The summed E-state index contributed by atoms with van der Waals surface area (Å²) in [6.45, 7) is 3.65. The van der Waals surface area contributed by atoms with Gasteiger partial charge in [-0.3, -0.25) is 13.8 Å². The van der Waals surface area contributed by atoms with Crippen molar-refractivity contribution in [3.63, 3.8) is 0 Å². The van der Waals surface area contributed by atoms with Crippen LogP contribution in [0.3, 0.4) is 0 Å². The molecule has 0 aromatic carbocycles. The van der Waals surface area contributed by atoms with E-state index in [0.29, 0.717) is 12.8 Å². The molecule has 1 rings (SSSR count). The third kappa shape index (κ3) is 22.8. The van der Waals surface area contributed by atoms with Crippen LogP contribution in [0.2, 0.25) is 0 Å². The van der Waals surface area contributed by atoms with Crippen molar-refractivity contribution in [3.8, 4) is 0 Å². The molecule has 0 aromatic heterocycles. The number of allylic oxidation sites excluding steroid dienone is 3. The molecule has 14 heteroatoms. The number of phosphoric acid groups is 1. The number of unbranched alkanes of at least 4 members (excludes halogenated alkanes) is 17. The molecule has 0 spiro atoms. The second-order valence-electron chi connectivity index (χ2n) is 14.7. The first-order chi connectivity index (χ1) is 25.3. The van der Waals surface area contributed by atoms with Crippen LogP contribution in [-0.4, -0.2) is 108 Å². The molecule has 1 amide bonds. The second kappa shape index (κ2) is 30.0. The standard InChI is InChI=1S/C39H74NO12P/c1-3-5-7-9-11-13-14-15-16-17-19-20-22-24-26-30(41)28-33(43)40-31(32(42)27-25-23-21-18-12-10-8-6-4-2)29-51-53(49,50)52-39-37(47)35(45)34(44)36(46)38(39)48/h16-17,25,27,30-32,34-39,41-42,44-48H,3-15,18-24,26,28-29H2,1-2H3,(H,40,43)(H,49,50)/b17-16-,27-25+. The highest BCUT2D eigenvalue weighted by Crippen LogP contribution is 2.47. The maximum absolute atomic E-state index is 12.9. The monoisotopic (exact) mass is 779 g/mol. The van der Waals surface area contributed by atoms with E-state index in [4.69, 9.17) is 9.05 Å². The molecule has 53 heavy (non-hydrogen) atoms. The van der Waals surface area contributed by atoms with Gasteiger partial charge in [0.25, 0.3) is 0 Å². The summed E-state index contributed by atoms with van der Waals surface area (Å²) in [7, 11) is -5.13. The van der Waals surface area contributed by atoms with E-state index in [9.17, 15) is 50.0 Å². The average Bonchev–Trinajstić information content (AvgIpc) is 3.12. The van der Waals surface area contributed by atoms with Crippen LogP contribution < -0.4 is 5.32 Å². The van der Waals surface area contributed by atoms with Gasteiger partial charge in [-0.1, -0.05) is 128 Å². The van der Waals surface area contributed by atoms with Crippen LogP contribution in [0.15, 0.2) is 24.3 Å². The van der Waals surface area contributed by atoms with Crippen LogP contribution in [0.5, 0.6) is 0 Å². The topological polar surface area (TPSA) is 226 Å². The highest BCUT2D eigenvalue weighted by atomic mass is 31.2. The van der Waals surface area contributed by atoms with Crippen LogP contribution in [0.25, 0.3) is 0 Å². The highest BCUT2D eigenvalue weighted by Gasteiger charge is 2.51. The summed E-state index contributed by atoms with van der Waals surface area (Å²) < 4.78 is 22.7. The Bertz CT molecular complexity index is 1020. The van der Waals surface area contributed by atoms with Crippen molar-refractivity contribution in [1.29, 1.82) is 0 Å². The molecule has 1 saturated carbocycles. The zero-order valence-corrected chi connectivity index (χ0v) is 33.3. The molecule has 13 nitrogen and oxygen atoms in total. The molecule has 312 valence electrons. The zero-order valence-electron chi connectivity index (χ0n) is 32.4. The van der Waals surface area contributed by atoms with E-state index >= 15 is 0 Å². The number of carbonyl (C=O) groups is 1. The summed E-state index contributed by atoms with van der Waals surface area (Å²) >= 11 is 0. The van der Waals surface area contributed by atoms with Gasteiger partial charge in [-0.15, -0.1) is 0 Å². The van der Waals surface area contributed by atoms with Crippen molar-refractivity contribution >= 4 is 13.7 Å². The summed E-state index contributed by atoms with van der Waals surface area (Å²) in [5.74, 6) is -0.606. The number of phosphoric ester groups is 1. The molecule has 0 aromatic rings. The molecule has 0 heterocycles. The summed E-state index contributed by atoms with van der Waals surface area (Å²) in [6, 6.07) is -1.24. The van der Waals surface area contributed by atoms with Crippen LogP contribution >= 0.6 is 7.82 Å². The number of hydrogen-bond donors (Lipinski definition) is 9. The van der Waals surface area contributed by atoms with E-state index in [1.807, 2.05) is 0 Å². The Morgan fingerprint density at radius 3 is 1.60 bits per heavy atom. The molecule has 9 N–H and O–H groups in total. The first-order valence-electron chi connectivity index (χ1n) is 20.4. The van der Waals surface area contributed by atoms with Crippen LogP contribution in [0.4, 0.5) is 0 Å². The van der Waals surface area contributed by atoms with E-state index in [1.165, 1.54) is 76.7 Å². The molecule has 0 radical (unpaired) electrons. The molecule has 0 saturated heterocycles. The molecule has 1 fully saturated rings. The predicted octanol–water partition coefficient (Wildman–Crippen LogP) is 5.25. The fourth-order valence-corrected chi connectivity index (χ4v) is 7.32. The lowest BCUT2D eigenvalue weighted by Crippen LogP contribution is -2.64. The third-order valence-corrected chi connectivity index (χ3v) is 10.8. The van der Waals surface area contributed by atoms with Gasteiger partial charge >= 0.3 is 7.82 Å². The van der Waals surface area contributed by atoms with Gasteiger partial charge in [0.05, 0.1) is 31.3 Å². The average molecular weight is 780 g/mol. The largest absolute Gasteiger partial charge is 0.472 e. The summed E-state index contributed by atoms with van der Waals surface area (Å²) in [5, 5.41) is 74.0. The molecule has 8 unspecified atom stereocenters. The Morgan fingerprint density at radius 1 is 0.660 bits per heavy atom. The minimum Gasteiger partial charge on any atom is -0.393 e. The van der Waals surface area contributed by atoms with Crippen molar-refractivity contribution in [1.82, 2.24) is 5.32 Å². The van der Waals surface area contributed by atoms with E-state index < -0.39 is 75.2 Å². The van der Waals surface area contributed by atoms with Crippen molar-refractivity contribution in [2.75, 3.05) is 6.61 Å². The molecule has 1 aliphatic carbocycles. The minimum atomic E-state index is -5.13. The lowest BCUT2D eigenvalue weighted by molar-refractivity contribution is -0.220. The Balaban J connectivity index is 2.61. The Labute approximate surface area is 318 Å². The number of carbonyl (C=O) groups excluding carboxylic acids is 1. The van der Waals surface area contributed by atoms with E-state index in [2.05, 4.69) is 31.3 Å². The molecule has 1 aliphatic rings. The lowest BCUT2D eigenvalue weighted by atomic mass is 9.85. The third-order valence-electron chi connectivity index (χ3n) is 9.78. The van der Waals surface area contributed by atoms with E-state index in [1.54, 1.807) is 6.08 Å². The Hall–Kier alpha value is -1.22. The highest BCUT2D eigenvalue weighted by molar-refractivity contribution is 7.47. The van der Waals surface area contributed by atoms with E-state index in [0.717, 1.165) is 51.4 Å². The maximum atomic E-state index is 12.9. The molecular formula is C39H74NO12P. The molecule has 0 bridgehead atoms. The van der Waals surface area contributed by atoms with Gasteiger partial charge in [0.2, 0.25) is 5.91 Å². The first kappa shape index (κ1) is 49.8. The van der Waals surface area contributed by atoms with Gasteiger partial charge < -0.3 is 46.0 Å². The van der Waals surface area contributed by atoms with Crippen molar-refractivity contribution in [2.45, 2.75) is 210 Å². The van der Waals surface area contributed by atoms with Crippen molar-refractivity contribution in [2.24, 2.45) is 0 Å². The van der Waals surface area contributed by atoms with Gasteiger partial charge in [0.1, 0.15) is 36.6 Å². The van der Waals surface area contributed by atoms with Gasteiger partial charge in [-0.05, 0) is 44.9 Å². The normalized spacial score (nSPS) is 25.1. The van der Waals surface area contributed by atoms with Crippen molar-refractivity contribution in [3.05, 3.63) is 24.3 Å².